The highest BCUT2D eigenvalue weighted by Crippen LogP contribution is 2.38. The maximum Gasteiger partial charge on any atom is 0.245 e. The zero-order valence-corrected chi connectivity index (χ0v) is 24.1. The van der Waals surface area contributed by atoms with Gasteiger partial charge >= 0.3 is 0 Å². The summed E-state index contributed by atoms with van der Waals surface area (Å²) in [4.78, 5) is 42.2. The van der Waals surface area contributed by atoms with Crippen LogP contribution in [0.25, 0.3) is 0 Å². The highest BCUT2D eigenvalue weighted by atomic mass is 32.2. The number of likely N-dealkylation sites (N-methyl/N-ethyl adjacent to an activating group) is 1. The molecule has 4 unspecified atom stereocenters. The van der Waals surface area contributed by atoms with Crippen molar-refractivity contribution in [3.8, 4) is 0 Å². The van der Waals surface area contributed by atoms with Crippen LogP contribution in [0.3, 0.4) is 0 Å². The monoisotopic (exact) mass is 561 g/mol. The van der Waals surface area contributed by atoms with E-state index in [2.05, 4.69) is 16.0 Å². The molecule has 0 spiro atoms. The Bertz CT molecular complexity index is 1120. The van der Waals surface area contributed by atoms with Crippen LogP contribution in [-0.2, 0) is 30.8 Å². The molecule has 2 heterocycles. The lowest BCUT2D eigenvalue weighted by molar-refractivity contribution is -0.141. The normalized spacial score (nSPS) is 25.6. The number of carbonyl (C=O) groups excluding carboxylic acids is 3. The molecule has 11 heteroatoms. The molecule has 216 valence electrons. The van der Waals surface area contributed by atoms with Gasteiger partial charge in [0.15, 0.2) is 0 Å². The van der Waals surface area contributed by atoms with Crippen LogP contribution in [0.5, 0.6) is 0 Å². The molecule has 3 N–H and O–H groups in total. The molecule has 1 saturated carbocycles. The van der Waals surface area contributed by atoms with Gasteiger partial charge in [0.1, 0.15) is 6.04 Å². The fourth-order valence-electron chi connectivity index (χ4n) is 6.45. The summed E-state index contributed by atoms with van der Waals surface area (Å²) in [5, 5.41) is 8.93. The first kappa shape index (κ1) is 29.5. The summed E-state index contributed by atoms with van der Waals surface area (Å²) >= 11 is 0. The van der Waals surface area contributed by atoms with Gasteiger partial charge in [0.05, 0.1) is 24.3 Å². The zero-order chi connectivity index (χ0) is 28.2. The van der Waals surface area contributed by atoms with Crippen molar-refractivity contribution in [1.29, 1.82) is 0 Å². The van der Waals surface area contributed by atoms with Crippen LogP contribution >= 0.6 is 0 Å². The minimum Gasteiger partial charge on any atom is -0.355 e. The van der Waals surface area contributed by atoms with Gasteiger partial charge in [0.25, 0.3) is 0 Å². The molecule has 0 radical (unpaired) electrons. The molecule has 3 amide bonds. The van der Waals surface area contributed by atoms with Gasteiger partial charge in [-0.15, -0.1) is 0 Å². The maximum absolute atomic E-state index is 14.1. The highest BCUT2D eigenvalue weighted by Gasteiger charge is 2.56. The average Bonchev–Trinajstić information content (AvgIpc) is 3.52. The number of likely N-dealkylation sites (tertiary alicyclic amines) is 1. The van der Waals surface area contributed by atoms with E-state index in [-0.39, 0.29) is 30.2 Å². The molecule has 1 aliphatic carbocycles. The number of sulfonamides is 1. The lowest BCUT2D eigenvalue weighted by atomic mass is 9.83. The summed E-state index contributed by atoms with van der Waals surface area (Å²) in [5.74, 6) is -1.34. The molecule has 39 heavy (non-hydrogen) atoms. The molecule has 10 nitrogen and oxygen atoms in total. The first-order chi connectivity index (χ1) is 18.6. The molecule has 5 atom stereocenters. The predicted octanol–water partition coefficient (Wildman–Crippen LogP) is 0.879. The number of benzene rings is 1. The quantitative estimate of drug-likeness (QED) is 0.389. The fraction of sp³-hybridized carbons (Fsp3) is 0.679. The van der Waals surface area contributed by atoms with Gasteiger partial charge in [-0.25, -0.2) is 8.42 Å². The van der Waals surface area contributed by atoms with Crippen molar-refractivity contribution >= 4 is 27.7 Å². The van der Waals surface area contributed by atoms with Crippen molar-refractivity contribution in [3.63, 3.8) is 0 Å². The van der Waals surface area contributed by atoms with Gasteiger partial charge in [-0.1, -0.05) is 49.6 Å². The van der Waals surface area contributed by atoms with E-state index in [9.17, 15) is 22.8 Å². The Kier molecular flexibility index (Phi) is 9.66. The van der Waals surface area contributed by atoms with E-state index >= 15 is 0 Å². The van der Waals surface area contributed by atoms with Crippen LogP contribution in [0.1, 0.15) is 51.0 Å². The summed E-state index contributed by atoms with van der Waals surface area (Å²) in [6.07, 6.45) is 7.12. The molecule has 3 fully saturated rings. The number of carbonyl (C=O) groups is 3. The van der Waals surface area contributed by atoms with Gasteiger partial charge in [0, 0.05) is 25.7 Å². The summed E-state index contributed by atoms with van der Waals surface area (Å²) in [6.45, 7) is 2.58. The number of nitrogens with zero attached hydrogens (tertiary/aromatic N) is 2. The number of hydrogen-bond acceptors (Lipinski definition) is 6. The van der Waals surface area contributed by atoms with Crippen molar-refractivity contribution in [2.45, 2.75) is 76.0 Å². The minimum absolute atomic E-state index is 0.0175. The average molecular weight is 562 g/mol. The third kappa shape index (κ3) is 6.81. The van der Waals surface area contributed by atoms with Gasteiger partial charge in [-0.2, -0.15) is 4.31 Å². The number of hydrogen-bond donors (Lipinski definition) is 3. The largest absolute Gasteiger partial charge is 0.355 e. The fourth-order valence-corrected chi connectivity index (χ4v) is 7.61. The number of fused-ring (bicyclic) bond motifs is 1. The van der Waals surface area contributed by atoms with Crippen LogP contribution in [0.4, 0.5) is 0 Å². The van der Waals surface area contributed by atoms with Crippen LogP contribution in [0.15, 0.2) is 30.3 Å². The second kappa shape index (κ2) is 12.8. The second-order valence-electron chi connectivity index (χ2n) is 11.2. The lowest BCUT2D eigenvalue weighted by Gasteiger charge is -2.36. The van der Waals surface area contributed by atoms with Crippen molar-refractivity contribution in [2.24, 2.45) is 11.8 Å². The molecule has 3 aliphatic rings. The zero-order valence-electron chi connectivity index (χ0n) is 23.3. The Morgan fingerprint density at radius 2 is 1.74 bits per heavy atom. The molecule has 2 aliphatic heterocycles. The Hall–Kier alpha value is -2.50. The van der Waals surface area contributed by atoms with E-state index in [1.807, 2.05) is 30.3 Å². The van der Waals surface area contributed by atoms with E-state index in [1.54, 1.807) is 18.9 Å². The number of nitrogens with one attached hydrogen (secondary N) is 3. The van der Waals surface area contributed by atoms with Gasteiger partial charge < -0.3 is 20.9 Å². The third-order valence-corrected chi connectivity index (χ3v) is 9.96. The molecule has 0 aromatic heterocycles. The lowest BCUT2D eigenvalue weighted by Crippen LogP contribution is -2.58. The Morgan fingerprint density at radius 1 is 1.05 bits per heavy atom. The van der Waals surface area contributed by atoms with E-state index in [1.165, 1.54) is 4.31 Å². The number of amides is 3. The maximum atomic E-state index is 14.1. The molecule has 0 bridgehead atoms. The Balaban J connectivity index is 1.54. The Morgan fingerprint density at radius 3 is 2.38 bits per heavy atom. The predicted molar refractivity (Wildman–Crippen MR) is 149 cm³/mol. The van der Waals surface area contributed by atoms with Crippen LogP contribution in [0, 0.1) is 11.8 Å². The van der Waals surface area contributed by atoms with Crippen molar-refractivity contribution < 1.29 is 22.8 Å². The minimum atomic E-state index is -3.57. The summed E-state index contributed by atoms with van der Waals surface area (Å²) in [6, 6.07) is 7.67. The van der Waals surface area contributed by atoms with E-state index in [4.69, 9.17) is 0 Å². The molecular formula is C28H43N5O5S. The van der Waals surface area contributed by atoms with Crippen LogP contribution < -0.4 is 16.0 Å². The van der Waals surface area contributed by atoms with Crippen LogP contribution in [0.2, 0.25) is 0 Å². The van der Waals surface area contributed by atoms with Gasteiger partial charge in [-0.3, -0.25) is 14.4 Å². The second-order valence-corrected chi connectivity index (χ2v) is 13.2. The topological polar surface area (TPSA) is 128 Å². The molecular weight excluding hydrogens is 518 g/mol. The first-order valence-electron chi connectivity index (χ1n) is 14.2. The summed E-state index contributed by atoms with van der Waals surface area (Å²) in [7, 11) is -1.87. The van der Waals surface area contributed by atoms with Crippen molar-refractivity contribution in [1.82, 2.24) is 25.2 Å². The molecule has 1 aromatic rings. The van der Waals surface area contributed by atoms with E-state index < -0.39 is 40.1 Å². The van der Waals surface area contributed by atoms with Gasteiger partial charge in [0.2, 0.25) is 27.7 Å². The highest BCUT2D eigenvalue weighted by molar-refractivity contribution is 7.88. The third-order valence-electron chi connectivity index (χ3n) is 8.69. The summed E-state index contributed by atoms with van der Waals surface area (Å²) < 4.78 is 26.8. The Labute approximate surface area is 232 Å². The molecule has 2 saturated heterocycles. The number of rotatable bonds is 10. The van der Waals surface area contributed by atoms with Crippen molar-refractivity contribution in [3.05, 3.63) is 35.9 Å². The van der Waals surface area contributed by atoms with E-state index in [0.717, 1.165) is 43.9 Å². The van der Waals surface area contributed by atoms with E-state index in [0.29, 0.717) is 25.9 Å². The SMILES string of the molecule is CNC(C)C(=O)NC(C(=O)N1CCC2C1[C@H](C(=O)NCCc1ccccc1)CN2S(C)(=O)=O)C1CCCCC1. The summed E-state index contributed by atoms with van der Waals surface area (Å²) in [5.41, 5.74) is 1.10. The smallest absolute Gasteiger partial charge is 0.245 e. The molecule has 4 rings (SSSR count). The first-order valence-corrected chi connectivity index (χ1v) is 16.0. The van der Waals surface area contributed by atoms with Gasteiger partial charge in [-0.05, 0) is 51.1 Å². The van der Waals surface area contributed by atoms with Crippen molar-refractivity contribution in [2.75, 3.05) is 32.9 Å². The standard InChI is InChI=1S/C28H43N5O5S/c1-19(29-2)26(34)31-24(21-12-8-5-9-13-21)28(36)32-17-15-23-25(32)22(18-33(23)39(3,37)38)27(35)30-16-14-20-10-6-4-7-11-20/h4,6-7,10-11,19,21-25,29H,5,8-9,12-18H2,1-3H3,(H,30,35)(H,31,34)/t19?,22-,23?,24?,25?/m1/s1. The molecule has 1 aromatic carbocycles. The van der Waals surface area contributed by atoms with Crippen LogP contribution in [-0.4, -0.2) is 92.4 Å².